The van der Waals surface area contributed by atoms with Crippen molar-refractivity contribution in [3.8, 4) is 16.9 Å². The van der Waals surface area contributed by atoms with Crippen LogP contribution in [0.25, 0.3) is 11.1 Å². The van der Waals surface area contributed by atoms with Gasteiger partial charge in [-0.2, -0.15) is 0 Å². The number of aromatic nitrogens is 1. The molecule has 2 saturated carbocycles. The first kappa shape index (κ1) is 34.0. The van der Waals surface area contributed by atoms with E-state index in [9.17, 15) is 25.2 Å². The molecule has 1 aromatic heterocycles. The predicted octanol–water partition coefficient (Wildman–Crippen LogP) is 3.07. The number of unbranched alkanes of at least 4 members (excludes halogenated alkanes) is 1. The first-order valence-corrected chi connectivity index (χ1v) is 16.2. The van der Waals surface area contributed by atoms with Gasteiger partial charge in [-0.25, -0.2) is 0 Å². The Balaban J connectivity index is 1.12. The zero-order chi connectivity index (χ0) is 32.7. The average molecular weight is 635 g/mol. The van der Waals surface area contributed by atoms with E-state index in [1.165, 1.54) is 0 Å². The molecular weight excluding hydrogens is 588 g/mol. The van der Waals surface area contributed by atoms with Gasteiger partial charge in [-0.15, -0.1) is 0 Å². The number of nitrogens with zero attached hydrogens (tertiary/aromatic N) is 1. The lowest BCUT2D eigenvalue weighted by Crippen LogP contribution is -2.49. The van der Waals surface area contributed by atoms with Crippen LogP contribution in [-0.4, -0.2) is 80.1 Å². The summed E-state index contributed by atoms with van der Waals surface area (Å²) in [7, 11) is 0. The molecule has 2 aromatic carbocycles. The van der Waals surface area contributed by atoms with Gasteiger partial charge in [-0.1, -0.05) is 36.4 Å². The fourth-order valence-corrected chi connectivity index (χ4v) is 5.61. The van der Waals surface area contributed by atoms with Gasteiger partial charge in [0.15, 0.2) is 0 Å². The van der Waals surface area contributed by atoms with Gasteiger partial charge in [0.2, 0.25) is 5.91 Å². The number of para-hydroxylation sites is 1. The fraction of sp³-hybridized carbons (Fsp3) is 0.500. The quantitative estimate of drug-likeness (QED) is 0.116. The van der Waals surface area contributed by atoms with Crippen molar-refractivity contribution in [1.82, 2.24) is 10.3 Å². The van der Waals surface area contributed by atoms with Gasteiger partial charge in [-0.3, -0.25) is 9.78 Å². The fourth-order valence-electron chi connectivity index (χ4n) is 5.61. The predicted molar refractivity (Wildman–Crippen MR) is 172 cm³/mol. The van der Waals surface area contributed by atoms with E-state index in [0.29, 0.717) is 19.1 Å². The van der Waals surface area contributed by atoms with Crippen LogP contribution in [0, 0.1) is 6.92 Å². The lowest BCUT2D eigenvalue weighted by atomic mass is 9.96. The van der Waals surface area contributed by atoms with E-state index in [1.807, 2.05) is 30.6 Å². The van der Waals surface area contributed by atoms with Gasteiger partial charge in [0, 0.05) is 36.5 Å². The second kappa shape index (κ2) is 15.5. The van der Waals surface area contributed by atoms with E-state index in [-0.39, 0.29) is 24.5 Å². The molecule has 3 aromatic rings. The molecule has 4 atom stereocenters. The van der Waals surface area contributed by atoms with E-state index in [1.54, 1.807) is 0 Å². The van der Waals surface area contributed by atoms with Gasteiger partial charge in [-0.05, 0) is 86.3 Å². The Bertz CT molecular complexity index is 1460. The van der Waals surface area contributed by atoms with Gasteiger partial charge >= 0.3 is 0 Å². The minimum atomic E-state index is -1.72. The third-order valence-corrected chi connectivity index (χ3v) is 8.88. The molecule has 0 aliphatic heterocycles. The number of carbonyl (C=O) groups excluding carboxylic acids is 1. The number of hydrogen-bond donors (Lipinski definition) is 6. The van der Waals surface area contributed by atoms with Crippen molar-refractivity contribution in [2.75, 3.05) is 13.2 Å². The topological polar surface area (TPSA) is 162 Å². The van der Waals surface area contributed by atoms with Crippen LogP contribution >= 0.6 is 0 Å². The van der Waals surface area contributed by atoms with E-state index >= 15 is 0 Å². The summed E-state index contributed by atoms with van der Waals surface area (Å²) in [6.45, 7) is 1.53. The summed E-state index contributed by atoms with van der Waals surface area (Å²) < 4.78 is 12.9. The molecule has 1 heterocycles. The molecular formula is C36H46N2O8. The van der Waals surface area contributed by atoms with E-state index in [2.05, 4.69) is 47.6 Å². The van der Waals surface area contributed by atoms with Crippen molar-refractivity contribution in [2.24, 2.45) is 0 Å². The zero-order valence-corrected chi connectivity index (χ0v) is 26.3. The highest BCUT2D eigenvalue weighted by Gasteiger charge is 2.47. The van der Waals surface area contributed by atoms with Crippen molar-refractivity contribution in [3.63, 3.8) is 0 Å². The number of ether oxygens (including phenoxy) is 2. The van der Waals surface area contributed by atoms with Crippen LogP contribution < -0.4 is 10.1 Å². The first-order chi connectivity index (χ1) is 22.2. The third kappa shape index (κ3) is 8.70. The molecule has 10 nitrogen and oxygen atoms in total. The number of carbonyl (C=O) groups is 1. The highest BCUT2D eigenvalue weighted by molar-refractivity contribution is 5.76. The lowest BCUT2D eigenvalue weighted by Gasteiger charge is -2.25. The molecule has 1 amide bonds. The summed E-state index contributed by atoms with van der Waals surface area (Å²) in [5.74, 6) is 0.619. The van der Waals surface area contributed by atoms with Crippen LogP contribution in [0.1, 0.15) is 67.2 Å². The van der Waals surface area contributed by atoms with Crippen LogP contribution in [0.4, 0.5) is 0 Å². The third-order valence-electron chi connectivity index (χ3n) is 8.88. The molecule has 6 N–H and O–H groups in total. The van der Waals surface area contributed by atoms with Gasteiger partial charge < -0.3 is 40.3 Å². The molecule has 5 rings (SSSR count). The van der Waals surface area contributed by atoms with E-state index < -0.39 is 31.0 Å². The number of amides is 1. The molecule has 0 radical (unpaired) electrons. The molecule has 0 saturated heterocycles. The van der Waals surface area contributed by atoms with Crippen molar-refractivity contribution in [3.05, 3.63) is 83.2 Å². The number of aliphatic hydroxyl groups is 5. The maximum Gasteiger partial charge on any atom is 0.220 e. The minimum Gasteiger partial charge on any atom is -0.490 e. The minimum absolute atomic E-state index is 0.247. The Morgan fingerprint density at radius 2 is 1.76 bits per heavy atom. The highest BCUT2D eigenvalue weighted by Crippen LogP contribution is 2.53. The van der Waals surface area contributed by atoms with Crippen molar-refractivity contribution in [1.29, 1.82) is 0 Å². The number of benzene rings is 2. The summed E-state index contributed by atoms with van der Waals surface area (Å²) >= 11 is 0. The molecule has 2 fully saturated rings. The molecule has 0 unspecified atom stereocenters. The maximum atomic E-state index is 12.2. The molecule has 248 valence electrons. The Morgan fingerprint density at radius 3 is 2.50 bits per heavy atom. The number of aryl methyl sites for hydroxylation is 2. The Labute approximate surface area is 270 Å². The average Bonchev–Trinajstić information content (AvgIpc) is 4.02. The van der Waals surface area contributed by atoms with Crippen LogP contribution in [0.3, 0.4) is 0 Å². The maximum absolute atomic E-state index is 12.2. The Kier molecular flexibility index (Phi) is 11.4. The molecule has 0 bridgehead atoms. The monoisotopic (exact) mass is 634 g/mol. The molecule has 46 heavy (non-hydrogen) atoms. The summed E-state index contributed by atoms with van der Waals surface area (Å²) in [5.41, 5.74) is 6.33. The highest BCUT2D eigenvalue weighted by atomic mass is 16.5. The Morgan fingerprint density at radius 1 is 1.00 bits per heavy atom. The molecule has 2 aliphatic carbocycles. The van der Waals surface area contributed by atoms with Crippen LogP contribution in [-0.2, 0) is 28.2 Å². The van der Waals surface area contributed by atoms with Gasteiger partial charge in [0.05, 0.1) is 31.0 Å². The van der Waals surface area contributed by atoms with E-state index in [0.717, 1.165) is 77.7 Å². The smallest absolute Gasteiger partial charge is 0.220 e. The van der Waals surface area contributed by atoms with Crippen LogP contribution in [0.5, 0.6) is 5.75 Å². The molecule has 10 heteroatoms. The summed E-state index contributed by atoms with van der Waals surface area (Å²) in [6, 6.07) is 16.6. The zero-order valence-electron chi connectivity index (χ0n) is 26.3. The number of nitrogens with one attached hydrogen (secondary N) is 1. The molecule has 0 spiro atoms. The summed E-state index contributed by atoms with van der Waals surface area (Å²) in [6.07, 6.45) is 4.09. The second-order valence-electron chi connectivity index (χ2n) is 12.6. The van der Waals surface area contributed by atoms with Crippen molar-refractivity contribution in [2.45, 2.75) is 101 Å². The van der Waals surface area contributed by atoms with Crippen LogP contribution in [0.2, 0.25) is 0 Å². The number of hydrogen-bond acceptors (Lipinski definition) is 9. The number of aliphatic hydroxyl groups excluding tert-OH is 5. The normalized spacial score (nSPS) is 18.0. The van der Waals surface area contributed by atoms with E-state index in [4.69, 9.17) is 14.6 Å². The first-order valence-electron chi connectivity index (χ1n) is 16.2. The van der Waals surface area contributed by atoms with Crippen molar-refractivity contribution >= 4 is 5.91 Å². The number of rotatable bonds is 18. The lowest BCUT2D eigenvalue weighted by molar-refractivity contribution is -0.126. The summed E-state index contributed by atoms with van der Waals surface area (Å²) in [4.78, 5) is 16.7. The van der Waals surface area contributed by atoms with Crippen LogP contribution in [0.15, 0.2) is 60.9 Å². The van der Waals surface area contributed by atoms with Crippen molar-refractivity contribution < 1.29 is 39.8 Å². The summed E-state index contributed by atoms with van der Waals surface area (Å²) in [5, 5.41) is 50.4. The van der Waals surface area contributed by atoms with Gasteiger partial charge in [0.25, 0.3) is 0 Å². The molecule has 2 aliphatic rings. The SMILES string of the molecule is Cc1ccc(CCCCC(=O)NC[C@H](O)[C@@H](O)[C@H](O)[C@H](O)CO)cc1COC1(c2cnccc2-c2ccccc2OC2CC2)CC1. The largest absolute Gasteiger partial charge is 0.490 e. The Hall–Kier alpha value is -3.38. The van der Waals surface area contributed by atoms with Gasteiger partial charge in [0.1, 0.15) is 24.1 Å². The second-order valence-corrected chi connectivity index (χ2v) is 12.6. The standard InChI is InChI=1S/C36H46N2O8/c1-23-10-11-24(6-2-5-9-33(42)38-20-30(40)34(43)35(44)31(41)21-39)18-25(23)22-45-36(15-16-36)29-19-37-17-14-27(29)28-7-3-4-8-32(28)46-26-12-13-26/h3-4,7-8,10-11,14,17-19,26,30-31,34-35,39-41,43-44H,2,5-6,9,12-13,15-16,20-22H2,1H3,(H,38,42)/t30-,31+,34+,35+/m0/s1. The number of pyridine rings is 1.